The van der Waals surface area contributed by atoms with Crippen molar-refractivity contribution in [1.29, 1.82) is 0 Å². The van der Waals surface area contributed by atoms with Crippen LogP contribution < -0.4 is 0 Å². The van der Waals surface area contributed by atoms with Gasteiger partial charge in [0.1, 0.15) is 0 Å². The monoisotopic (exact) mass is 206 g/mol. The molecule has 0 aliphatic heterocycles. The summed E-state index contributed by atoms with van der Waals surface area (Å²) in [7, 11) is 0. The highest BCUT2D eigenvalue weighted by Crippen LogP contribution is 2.33. The molecule has 0 bridgehead atoms. The second-order valence-electron chi connectivity index (χ2n) is 4.49. The van der Waals surface area contributed by atoms with Crippen LogP contribution in [0.2, 0.25) is 0 Å². The van der Waals surface area contributed by atoms with E-state index in [0.717, 1.165) is 12.0 Å². The van der Waals surface area contributed by atoms with Crippen molar-refractivity contribution in [3.8, 4) is 11.5 Å². The molecular formula is C13H18O2. The Kier molecular flexibility index (Phi) is 3.14. The summed E-state index contributed by atoms with van der Waals surface area (Å²) in [6, 6.07) is 5.23. The van der Waals surface area contributed by atoms with Crippen molar-refractivity contribution in [1.82, 2.24) is 0 Å². The van der Waals surface area contributed by atoms with Crippen LogP contribution in [0.3, 0.4) is 0 Å². The minimum atomic E-state index is 0.00306. The molecule has 2 rings (SSSR count). The zero-order valence-corrected chi connectivity index (χ0v) is 8.95. The zero-order chi connectivity index (χ0) is 10.7. The Bertz CT molecular complexity index is 327. The number of hydrogen-bond donors (Lipinski definition) is 2. The lowest BCUT2D eigenvalue weighted by Crippen LogP contribution is -2.09. The fourth-order valence-electron chi connectivity index (χ4n) is 2.44. The van der Waals surface area contributed by atoms with Crippen molar-refractivity contribution >= 4 is 0 Å². The molecule has 0 spiro atoms. The van der Waals surface area contributed by atoms with E-state index in [1.807, 2.05) is 6.07 Å². The summed E-state index contributed by atoms with van der Waals surface area (Å²) in [6.07, 6.45) is 7.39. The Balaban J connectivity index is 2.06. The maximum Gasteiger partial charge on any atom is 0.160 e. The maximum atomic E-state index is 9.68. The molecule has 1 aliphatic rings. The topological polar surface area (TPSA) is 40.5 Å². The van der Waals surface area contributed by atoms with Gasteiger partial charge in [-0.1, -0.05) is 44.2 Å². The van der Waals surface area contributed by atoms with Gasteiger partial charge >= 0.3 is 0 Å². The first-order valence-corrected chi connectivity index (χ1v) is 5.77. The van der Waals surface area contributed by atoms with Gasteiger partial charge < -0.3 is 10.2 Å². The minimum Gasteiger partial charge on any atom is -0.504 e. The second kappa shape index (κ2) is 4.56. The number of benzene rings is 1. The number of rotatable bonds is 2. The first kappa shape index (κ1) is 10.3. The number of aromatic hydroxyl groups is 2. The van der Waals surface area contributed by atoms with Gasteiger partial charge in [0.05, 0.1) is 0 Å². The number of phenols is 2. The standard InChI is InChI=1S/C13H18O2/c14-12-8-4-7-11(13(12)15)9-10-5-2-1-3-6-10/h4,7-8,10,14-15H,1-3,5-6,9H2. The molecule has 1 aliphatic carbocycles. The molecule has 0 amide bonds. The third-order valence-corrected chi connectivity index (χ3v) is 3.33. The Hall–Kier alpha value is -1.18. The summed E-state index contributed by atoms with van der Waals surface area (Å²) in [4.78, 5) is 0. The van der Waals surface area contributed by atoms with Gasteiger partial charge in [0.2, 0.25) is 0 Å². The van der Waals surface area contributed by atoms with Crippen LogP contribution >= 0.6 is 0 Å². The predicted molar refractivity (Wildman–Crippen MR) is 60.1 cm³/mol. The lowest BCUT2D eigenvalue weighted by molar-refractivity contribution is 0.347. The molecule has 82 valence electrons. The van der Waals surface area contributed by atoms with Gasteiger partial charge in [-0.2, -0.15) is 0 Å². The van der Waals surface area contributed by atoms with Gasteiger partial charge in [0.15, 0.2) is 11.5 Å². The number of phenolic OH excluding ortho intramolecular Hbond substituents is 2. The van der Waals surface area contributed by atoms with E-state index >= 15 is 0 Å². The van der Waals surface area contributed by atoms with Gasteiger partial charge in [-0.15, -0.1) is 0 Å². The smallest absolute Gasteiger partial charge is 0.160 e. The van der Waals surface area contributed by atoms with Crippen LogP contribution in [-0.2, 0) is 6.42 Å². The number of hydrogen-bond acceptors (Lipinski definition) is 2. The van der Waals surface area contributed by atoms with E-state index in [1.54, 1.807) is 6.07 Å². The van der Waals surface area contributed by atoms with Crippen LogP contribution in [0.15, 0.2) is 18.2 Å². The molecule has 0 heterocycles. The molecule has 2 nitrogen and oxygen atoms in total. The van der Waals surface area contributed by atoms with E-state index in [-0.39, 0.29) is 11.5 Å². The molecule has 1 aromatic rings. The van der Waals surface area contributed by atoms with Gasteiger partial charge in [0.25, 0.3) is 0 Å². The minimum absolute atomic E-state index is 0.00306. The first-order valence-electron chi connectivity index (χ1n) is 5.77. The van der Waals surface area contributed by atoms with Crippen LogP contribution in [0.5, 0.6) is 11.5 Å². The molecule has 0 radical (unpaired) electrons. The van der Waals surface area contributed by atoms with E-state index in [0.29, 0.717) is 5.92 Å². The summed E-state index contributed by atoms with van der Waals surface area (Å²) in [5.74, 6) is 0.762. The average Bonchev–Trinajstić information content (AvgIpc) is 2.26. The Morgan fingerprint density at radius 1 is 1.07 bits per heavy atom. The van der Waals surface area contributed by atoms with E-state index in [4.69, 9.17) is 0 Å². The first-order chi connectivity index (χ1) is 7.27. The molecule has 1 fully saturated rings. The van der Waals surface area contributed by atoms with Crippen LogP contribution in [0, 0.1) is 5.92 Å². The van der Waals surface area contributed by atoms with Crippen molar-refractivity contribution in [2.24, 2.45) is 5.92 Å². The summed E-state index contributed by atoms with van der Waals surface area (Å²) in [6.45, 7) is 0. The van der Waals surface area contributed by atoms with Crippen molar-refractivity contribution < 1.29 is 10.2 Å². The average molecular weight is 206 g/mol. The molecule has 2 N–H and O–H groups in total. The van der Waals surface area contributed by atoms with Crippen molar-refractivity contribution in [2.75, 3.05) is 0 Å². The predicted octanol–water partition coefficient (Wildman–Crippen LogP) is 3.22. The van der Waals surface area contributed by atoms with Crippen molar-refractivity contribution in [2.45, 2.75) is 38.5 Å². The lowest BCUT2D eigenvalue weighted by atomic mass is 9.84. The molecule has 15 heavy (non-hydrogen) atoms. The van der Waals surface area contributed by atoms with Crippen LogP contribution in [0.1, 0.15) is 37.7 Å². The molecule has 0 saturated heterocycles. The Labute approximate surface area is 90.6 Å². The Morgan fingerprint density at radius 3 is 2.53 bits per heavy atom. The highest BCUT2D eigenvalue weighted by molar-refractivity contribution is 5.44. The quantitative estimate of drug-likeness (QED) is 0.729. The van der Waals surface area contributed by atoms with Gasteiger partial charge in [-0.3, -0.25) is 0 Å². The third-order valence-electron chi connectivity index (χ3n) is 3.33. The normalized spacial score (nSPS) is 17.9. The summed E-state index contributed by atoms with van der Waals surface area (Å²) in [5, 5.41) is 19.1. The van der Waals surface area contributed by atoms with E-state index in [1.165, 1.54) is 38.2 Å². The van der Waals surface area contributed by atoms with Gasteiger partial charge in [0, 0.05) is 0 Å². The van der Waals surface area contributed by atoms with E-state index < -0.39 is 0 Å². The number of para-hydroxylation sites is 1. The molecule has 0 atom stereocenters. The highest BCUT2D eigenvalue weighted by Gasteiger charge is 2.16. The van der Waals surface area contributed by atoms with Crippen molar-refractivity contribution in [3.63, 3.8) is 0 Å². The maximum absolute atomic E-state index is 9.68. The summed E-state index contributed by atoms with van der Waals surface area (Å²) in [5.41, 5.74) is 0.891. The second-order valence-corrected chi connectivity index (χ2v) is 4.49. The van der Waals surface area contributed by atoms with Gasteiger partial charge in [-0.25, -0.2) is 0 Å². The van der Waals surface area contributed by atoms with Crippen LogP contribution in [0.25, 0.3) is 0 Å². The molecule has 0 unspecified atom stereocenters. The Morgan fingerprint density at radius 2 is 1.80 bits per heavy atom. The van der Waals surface area contributed by atoms with E-state index in [9.17, 15) is 10.2 Å². The fraction of sp³-hybridized carbons (Fsp3) is 0.538. The molecular weight excluding hydrogens is 188 g/mol. The van der Waals surface area contributed by atoms with E-state index in [2.05, 4.69) is 0 Å². The largest absolute Gasteiger partial charge is 0.504 e. The molecule has 1 aromatic carbocycles. The lowest BCUT2D eigenvalue weighted by Gasteiger charge is -2.21. The van der Waals surface area contributed by atoms with Crippen LogP contribution in [-0.4, -0.2) is 10.2 Å². The van der Waals surface area contributed by atoms with Crippen molar-refractivity contribution in [3.05, 3.63) is 23.8 Å². The fourth-order valence-corrected chi connectivity index (χ4v) is 2.44. The zero-order valence-electron chi connectivity index (χ0n) is 8.95. The molecule has 0 aromatic heterocycles. The molecule has 2 heteroatoms. The highest BCUT2D eigenvalue weighted by atomic mass is 16.3. The third kappa shape index (κ3) is 2.44. The summed E-state index contributed by atoms with van der Waals surface area (Å²) >= 11 is 0. The van der Waals surface area contributed by atoms with Crippen LogP contribution in [0.4, 0.5) is 0 Å². The van der Waals surface area contributed by atoms with Gasteiger partial charge in [-0.05, 0) is 24.0 Å². The SMILES string of the molecule is Oc1cccc(CC2CCCCC2)c1O. The molecule has 1 saturated carbocycles. The summed E-state index contributed by atoms with van der Waals surface area (Å²) < 4.78 is 0.